The summed E-state index contributed by atoms with van der Waals surface area (Å²) >= 11 is 0. The van der Waals surface area contributed by atoms with E-state index < -0.39 is 45.9 Å². The molecule has 0 radical (unpaired) electrons. The van der Waals surface area contributed by atoms with Gasteiger partial charge in [0, 0.05) is 0 Å². The number of carboxylic acid groups (broad SMARTS) is 1. The van der Waals surface area contributed by atoms with E-state index in [0.29, 0.717) is 23.5 Å². The standard InChI is InChI=1S/C19H30N5O10P/c1-13(2)5-4-6-29-19(27)31-11-34-35(28,33-10-30-18(25)26)12-32-14(3)7-24-9-23-15-16(20)21-8-22-17(15)24/h8-9,13-14H,4-7,10-12H2,1-3H3,(H,25,26)(H2,20,21,22)/t14-,35?/m1/s1. The van der Waals surface area contributed by atoms with Crippen LogP contribution in [-0.2, 0) is 39.1 Å². The fourth-order valence-electron chi connectivity index (χ4n) is 2.69. The number of hydrogen-bond donors (Lipinski definition) is 2. The minimum Gasteiger partial charge on any atom is -0.450 e. The monoisotopic (exact) mass is 519 g/mol. The fraction of sp³-hybridized carbons (Fsp3) is 0.632. The zero-order chi connectivity index (χ0) is 25.8. The number of imidazole rings is 1. The molecule has 2 aromatic heterocycles. The molecular weight excluding hydrogens is 489 g/mol. The summed E-state index contributed by atoms with van der Waals surface area (Å²) in [5, 5.41) is 8.59. The van der Waals surface area contributed by atoms with Crippen LogP contribution in [0.4, 0.5) is 15.4 Å². The minimum atomic E-state index is -4.09. The third-order valence-corrected chi connectivity index (χ3v) is 5.87. The maximum absolute atomic E-state index is 12.9. The van der Waals surface area contributed by atoms with E-state index in [2.05, 4.69) is 19.7 Å². The number of anilines is 1. The van der Waals surface area contributed by atoms with Crippen LogP contribution in [-0.4, -0.2) is 69.6 Å². The van der Waals surface area contributed by atoms with Crippen molar-refractivity contribution in [2.45, 2.75) is 46.3 Å². The van der Waals surface area contributed by atoms with Gasteiger partial charge >= 0.3 is 19.9 Å². The maximum Gasteiger partial charge on any atom is 0.510 e. The fourth-order valence-corrected chi connectivity index (χ4v) is 3.78. The number of carbonyl (C=O) groups excluding carboxylic acids is 1. The Morgan fingerprint density at radius 3 is 2.51 bits per heavy atom. The Hall–Kier alpha value is -3.00. The van der Waals surface area contributed by atoms with E-state index in [1.165, 1.54) is 12.7 Å². The summed E-state index contributed by atoms with van der Waals surface area (Å²) in [6, 6.07) is 0. The molecule has 0 aromatic carbocycles. The summed E-state index contributed by atoms with van der Waals surface area (Å²) < 4.78 is 44.0. The predicted octanol–water partition coefficient (Wildman–Crippen LogP) is 3.20. The second kappa shape index (κ2) is 13.8. The van der Waals surface area contributed by atoms with Crippen molar-refractivity contribution < 1.29 is 47.3 Å². The van der Waals surface area contributed by atoms with Crippen LogP contribution < -0.4 is 5.73 Å². The molecule has 0 saturated heterocycles. The molecule has 196 valence electrons. The van der Waals surface area contributed by atoms with Gasteiger partial charge in [-0.15, -0.1) is 0 Å². The van der Waals surface area contributed by atoms with Gasteiger partial charge in [0.2, 0.25) is 13.6 Å². The topological polar surface area (TPSA) is 196 Å². The average Bonchev–Trinajstić information content (AvgIpc) is 3.19. The van der Waals surface area contributed by atoms with Crippen molar-refractivity contribution in [3.05, 3.63) is 12.7 Å². The first-order chi connectivity index (χ1) is 16.6. The number of nitrogens with zero attached hydrogens (tertiary/aromatic N) is 4. The van der Waals surface area contributed by atoms with Crippen LogP contribution in [0.2, 0.25) is 0 Å². The molecule has 0 aliphatic carbocycles. The molecule has 2 rings (SSSR count). The molecule has 16 heteroatoms. The Kier molecular flexibility index (Phi) is 11.1. The lowest BCUT2D eigenvalue weighted by molar-refractivity contribution is -0.0243. The number of carbonyl (C=O) groups is 2. The summed E-state index contributed by atoms with van der Waals surface area (Å²) in [6.07, 6.45) is 0.562. The number of hydrogen-bond acceptors (Lipinski definition) is 13. The normalized spacial score (nSPS) is 13.9. The summed E-state index contributed by atoms with van der Waals surface area (Å²) in [7, 11) is -4.09. The molecule has 0 saturated carbocycles. The Balaban J connectivity index is 1.87. The van der Waals surface area contributed by atoms with E-state index in [0.717, 1.165) is 6.42 Å². The Bertz CT molecular complexity index is 1020. The smallest absolute Gasteiger partial charge is 0.450 e. The van der Waals surface area contributed by atoms with Crippen molar-refractivity contribution in [2.75, 3.05) is 32.3 Å². The van der Waals surface area contributed by atoms with Crippen LogP contribution in [0.1, 0.15) is 33.6 Å². The van der Waals surface area contributed by atoms with Gasteiger partial charge in [0.05, 0.1) is 25.6 Å². The van der Waals surface area contributed by atoms with Crippen LogP contribution in [0.5, 0.6) is 0 Å². The van der Waals surface area contributed by atoms with E-state index in [4.69, 9.17) is 34.1 Å². The second-order valence-corrected chi connectivity index (χ2v) is 9.72. The van der Waals surface area contributed by atoms with Gasteiger partial charge in [-0.05, 0) is 25.7 Å². The summed E-state index contributed by atoms with van der Waals surface area (Å²) in [6.45, 7) is 4.53. The highest BCUT2D eigenvalue weighted by molar-refractivity contribution is 7.53. The minimum absolute atomic E-state index is 0.164. The summed E-state index contributed by atoms with van der Waals surface area (Å²) in [5.41, 5.74) is 6.68. The lowest BCUT2D eigenvalue weighted by Crippen LogP contribution is -2.19. The van der Waals surface area contributed by atoms with Gasteiger partial charge in [-0.25, -0.2) is 24.5 Å². The van der Waals surface area contributed by atoms with Crippen molar-refractivity contribution in [3.8, 4) is 0 Å². The Morgan fingerprint density at radius 1 is 1.11 bits per heavy atom. The third-order valence-electron chi connectivity index (χ3n) is 4.40. The number of aromatic nitrogens is 4. The lowest BCUT2D eigenvalue weighted by Gasteiger charge is -2.20. The molecule has 0 aliphatic heterocycles. The van der Waals surface area contributed by atoms with Crippen molar-refractivity contribution in [1.82, 2.24) is 19.5 Å². The number of fused-ring (bicyclic) bond motifs is 1. The molecule has 0 spiro atoms. The van der Waals surface area contributed by atoms with Crippen molar-refractivity contribution in [3.63, 3.8) is 0 Å². The maximum atomic E-state index is 12.9. The molecular formula is C19H30N5O10P. The molecule has 2 atom stereocenters. The second-order valence-electron chi connectivity index (χ2n) is 7.73. The van der Waals surface area contributed by atoms with Crippen molar-refractivity contribution >= 4 is 36.9 Å². The first kappa shape index (κ1) is 28.2. The van der Waals surface area contributed by atoms with E-state index in [1.54, 1.807) is 11.5 Å². The third kappa shape index (κ3) is 10.0. The number of rotatable bonds is 15. The van der Waals surface area contributed by atoms with Gasteiger partial charge in [-0.1, -0.05) is 13.8 Å². The lowest BCUT2D eigenvalue weighted by atomic mass is 10.1. The van der Waals surface area contributed by atoms with Crippen molar-refractivity contribution in [2.24, 2.45) is 5.92 Å². The molecule has 35 heavy (non-hydrogen) atoms. The van der Waals surface area contributed by atoms with E-state index in [-0.39, 0.29) is 19.0 Å². The van der Waals surface area contributed by atoms with Crippen molar-refractivity contribution in [1.29, 1.82) is 0 Å². The van der Waals surface area contributed by atoms with E-state index in [1.807, 2.05) is 13.8 Å². The highest BCUT2D eigenvalue weighted by Crippen LogP contribution is 2.48. The largest absolute Gasteiger partial charge is 0.510 e. The first-order valence-corrected chi connectivity index (χ1v) is 12.4. The van der Waals surface area contributed by atoms with Crippen LogP contribution >= 0.6 is 7.60 Å². The van der Waals surface area contributed by atoms with Crippen LogP contribution in [0, 0.1) is 5.92 Å². The van der Waals surface area contributed by atoms with E-state index in [9.17, 15) is 14.2 Å². The Labute approximate surface area is 201 Å². The number of nitrogen functional groups attached to an aromatic ring is 1. The summed E-state index contributed by atoms with van der Waals surface area (Å²) in [5.74, 6) is 0.695. The summed E-state index contributed by atoms with van der Waals surface area (Å²) in [4.78, 5) is 34.3. The van der Waals surface area contributed by atoms with Gasteiger partial charge < -0.3 is 34.4 Å². The van der Waals surface area contributed by atoms with E-state index >= 15 is 0 Å². The zero-order valence-corrected chi connectivity index (χ0v) is 20.6. The Morgan fingerprint density at radius 2 is 1.83 bits per heavy atom. The average molecular weight is 519 g/mol. The molecule has 2 aromatic rings. The molecule has 3 N–H and O–H groups in total. The number of ether oxygens (including phenoxy) is 4. The van der Waals surface area contributed by atoms with Gasteiger partial charge in [0.25, 0.3) is 0 Å². The number of nitrogens with two attached hydrogens (primary N) is 1. The predicted molar refractivity (Wildman–Crippen MR) is 120 cm³/mol. The quantitative estimate of drug-likeness (QED) is 0.150. The first-order valence-electron chi connectivity index (χ1n) is 10.7. The molecule has 2 heterocycles. The molecule has 0 aliphatic rings. The SMILES string of the molecule is CC(C)CCCOC(=O)OCOP(=O)(CO[C@H](C)Cn1cnc2c(N)ncnc21)OCOC(=O)O. The molecule has 0 amide bonds. The molecule has 15 nitrogen and oxygen atoms in total. The zero-order valence-electron chi connectivity index (χ0n) is 19.7. The van der Waals surface area contributed by atoms with Gasteiger partial charge in [0.1, 0.15) is 18.2 Å². The highest BCUT2D eigenvalue weighted by Gasteiger charge is 2.28. The van der Waals surface area contributed by atoms with Crippen LogP contribution in [0.15, 0.2) is 12.7 Å². The molecule has 1 unspecified atom stereocenters. The van der Waals surface area contributed by atoms with Gasteiger partial charge in [-0.3, -0.25) is 13.6 Å². The highest BCUT2D eigenvalue weighted by atomic mass is 31.2. The van der Waals surface area contributed by atoms with Crippen LogP contribution in [0.3, 0.4) is 0 Å². The van der Waals surface area contributed by atoms with Crippen LogP contribution in [0.25, 0.3) is 11.2 Å². The van der Waals surface area contributed by atoms with Gasteiger partial charge in [0.15, 0.2) is 11.5 Å². The molecule has 0 fully saturated rings. The van der Waals surface area contributed by atoms with Gasteiger partial charge in [-0.2, -0.15) is 0 Å². The molecule has 0 bridgehead atoms.